The molecule has 3 saturated heterocycles. The van der Waals surface area contributed by atoms with Gasteiger partial charge in [-0.1, -0.05) is 54.6 Å². The Kier molecular flexibility index (Phi) is 10.6. The third-order valence-electron chi connectivity index (χ3n) is 10.0. The second-order valence-electron chi connectivity index (χ2n) is 13.3. The Morgan fingerprint density at radius 1 is 1.15 bits per heavy atom. The number of likely N-dealkylation sites (tertiary alicyclic amines) is 1. The van der Waals surface area contributed by atoms with E-state index in [1.165, 1.54) is 4.90 Å². The largest absolute Gasteiger partial charge is 0.455 e. The van der Waals surface area contributed by atoms with Crippen LogP contribution in [-0.2, 0) is 28.7 Å². The van der Waals surface area contributed by atoms with Crippen molar-refractivity contribution in [3.63, 3.8) is 0 Å². The van der Waals surface area contributed by atoms with Crippen LogP contribution in [0.5, 0.6) is 0 Å². The molecule has 0 radical (unpaired) electrons. The first-order valence-corrected chi connectivity index (χ1v) is 16.7. The maximum Gasteiger partial charge on any atom is 0.313 e. The highest BCUT2D eigenvalue weighted by Gasteiger charge is 2.75. The molecule has 3 aliphatic heterocycles. The van der Waals surface area contributed by atoms with Gasteiger partial charge in [0, 0.05) is 18.7 Å². The molecule has 0 saturated carbocycles. The van der Waals surface area contributed by atoms with E-state index >= 15 is 0 Å². The lowest BCUT2D eigenvalue weighted by molar-refractivity contribution is -0.162. The monoisotopic (exact) mass is 657 g/mol. The number of aliphatic hydroxyl groups excluding tert-OH is 1. The molecule has 3 aliphatic rings. The average molecular weight is 658 g/mol. The van der Waals surface area contributed by atoms with Gasteiger partial charge in [-0.2, -0.15) is 0 Å². The standard InChI is InChI=1S/C38H47N3O7/c1-7-9-15-30(43)39-26(6)33(27-13-11-10-12-14-27)47-37(46)31-29-18-19-38(48-29)32(31)35(44)41(25(5)22-42)34(38)36(45)40(20-8-2)28-21-23(3)16-17-24(28)4/h7-8,10-14,16-17,21,25-26,29,31-34,42H,1-2,9,15,18-20,22H2,3-6H3,(H,39,43)/t25-,26+,29+,31-,32-,33+,34+,38-/m1/s1. The minimum atomic E-state index is -1.28. The Hall–Kier alpha value is -4.28. The first kappa shape index (κ1) is 35.0. The molecule has 0 unspecified atom stereocenters. The van der Waals surface area contributed by atoms with Crippen LogP contribution in [0.4, 0.5) is 5.69 Å². The van der Waals surface area contributed by atoms with Crippen molar-refractivity contribution in [1.82, 2.24) is 10.2 Å². The Morgan fingerprint density at radius 3 is 2.54 bits per heavy atom. The number of hydrogen-bond acceptors (Lipinski definition) is 7. The van der Waals surface area contributed by atoms with Crippen LogP contribution in [-0.4, -0.2) is 76.7 Å². The summed E-state index contributed by atoms with van der Waals surface area (Å²) >= 11 is 0. The Balaban J connectivity index is 1.49. The van der Waals surface area contributed by atoms with Gasteiger partial charge in [0.2, 0.25) is 11.8 Å². The molecule has 3 heterocycles. The summed E-state index contributed by atoms with van der Waals surface area (Å²) in [6.07, 6.45) is 3.46. The highest BCUT2D eigenvalue weighted by Crippen LogP contribution is 2.59. The van der Waals surface area contributed by atoms with E-state index < -0.39 is 59.6 Å². The van der Waals surface area contributed by atoms with Gasteiger partial charge in [-0.05, 0) is 69.7 Å². The van der Waals surface area contributed by atoms with Crippen LogP contribution in [0, 0.1) is 25.7 Å². The first-order chi connectivity index (χ1) is 23.0. The van der Waals surface area contributed by atoms with Gasteiger partial charge in [0.1, 0.15) is 17.7 Å². The van der Waals surface area contributed by atoms with E-state index in [0.29, 0.717) is 30.5 Å². The second-order valence-corrected chi connectivity index (χ2v) is 13.3. The quantitative estimate of drug-likeness (QED) is 0.229. The van der Waals surface area contributed by atoms with Gasteiger partial charge >= 0.3 is 5.97 Å². The molecule has 2 bridgehead atoms. The van der Waals surface area contributed by atoms with Crippen LogP contribution in [0.1, 0.15) is 62.3 Å². The van der Waals surface area contributed by atoms with Crippen LogP contribution >= 0.6 is 0 Å². The predicted octanol–water partition coefficient (Wildman–Crippen LogP) is 4.33. The zero-order valence-electron chi connectivity index (χ0n) is 28.3. The number of fused-ring (bicyclic) bond motifs is 1. The molecule has 2 aromatic rings. The lowest BCUT2D eigenvalue weighted by Crippen LogP contribution is -2.58. The van der Waals surface area contributed by atoms with Crippen molar-refractivity contribution in [2.24, 2.45) is 11.8 Å². The summed E-state index contributed by atoms with van der Waals surface area (Å²) in [6.45, 7) is 14.7. The van der Waals surface area contributed by atoms with E-state index in [2.05, 4.69) is 18.5 Å². The number of rotatable bonds is 14. The zero-order chi connectivity index (χ0) is 34.7. The van der Waals surface area contributed by atoms with E-state index in [0.717, 1.165) is 11.1 Å². The maximum absolute atomic E-state index is 14.8. The van der Waals surface area contributed by atoms with Crippen LogP contribution in [0.3, 0.4) is 0 Å². The van der Waals surface area contributed by atoms with Crippen LogP contribution in [0.25, 0.3) is 0 Å². The molecule has 1 spiro atoms. The van der Waals surface area contributed by atoms with Gasteiger partial charge in [0.25, 0.3) is 5.91 Å². The number of benzene rings is 2. The van der Waals surface area contributed by atoms with Crippen molar-refractivity contribution in [3.05, 3.63) is 90.5 Å². The number of hydrogen-bond donors (Lipinski definition) is 2. The van der Waals surface area contributed by atoms with Gasteiger partial charge in [0.05, 0.1) is 36.6 Å². The van der Waals surface area contributed by atoms with E-state index in [4.69, 9.17) is 9.47 Å². The number of nitrogens with zero attached hydrogens (tertiary/aromatic N) is 2. The van der Waals surface area contributed by atoms with E-state index in [1.54, 1.807) is 30.9 Å². The van der Waals surface area contributed by atoms with E-state index in [1.807, 2.05) is 62.4 Å². The molecule has 0 aromatic heterocycles. The number of aryl methyl sites for hydroxylation is 2. The molecule has 256 valence electrons. The number of carbonyl (C=O) groups is 4. The van der Waals surface area contributed by atoms with Gasteiger partial charge in [-0.25, -0.2) is 0 Å². The average Bonchev–Trinajstić information content (AvgIpc) is 3.73. The molecule has 2 aromatic carbocycles. The predicted molar refractivity (Wildman–Crippen MR) is 182 cm³/mol. The Bertz CT molecular complexity index is 1560. The fraction of sp³-hybridized carbons (Fsp3) is 0.474. The third-order valence-corrected chi connectivity index (χ3v) is 10.0. The normalized spacial score (nSPS) is 25.9. The number of esters is 1. The lowest BCUT2D eigenvalue weighted by Gasteiger charge is -2.38. The molecule has 8 atom stereocenters. The number of nitrogens with one attached hydrogen (secondary N) is 1. The number of ether oxygens (including phenoxy) is 2. The number of aliphatic hydroxyl groups is 1. The number of allylic oxidation sites excluding steroid dienone is 1. The van der Waals surface area contributed by atoms with Crippen molar-refractivity contribution in [3.8, 4) is 0 Å². The summed E-state index contributed by atoms with van der Waals surface area (Å²) < 4.78 is 12.8. The van der Waals surface area contributed by atoms with E-state index in [-0.39, 0.29) is 31.4 Å². The van der Waals surface area contributed by atoms with Crippen molar-refractivity contribution >= 4 is 29.4 Å². The molecule has 2 N–H and O–H groups in total. The fourth-order valence-corrected chi connectivity index (χ4v) is 7.73. The summed E-state index contributed by atoms with van der Waals surface area (Å²) in [5.41, 5.74) is 1.96. The van der Waals surface area contributed by atoms with E-state index in [9.17, 15) is 24.3 Å². The van der Waals surface area contributed by atoms with Gasteiger partial charge in [-0.3, -0.25) is 19.2 Å². The second kappa shape index (κ2) is 14.5. The smallest absolute Gasteiger partial charge is 0.313 e. The van der Waals surface area contributed by atoms with Crippen molar-refractivity contribution in [2.75, 3.05) is 18.1 Å². The molecular formula is C38H47N3O7. The number of amides is 3. The lowest BCUT2D eigenvalue weighted by atomic mass is 9.70. The molecule has 10 nitrogen and oxygen atoms in total. The minimum absolute atomic E-state index is 0.194. The summed E-state index contributed by atoms with van der Waals surface area (Å²) in [7, 11) is 0. The molecule has 0 aliphatic carbocycles. The Morgan fingerprint density at radius 2 is 1.88 bits per heavy atom. The van der Waals surface area contributed by atoms with Crippen LogP contribution in [0.15, 0.2) is 73.8 Å². The summed E-state index contributed by atoms with van der Waals surface area (Å²) in [6, 6.07) is 12.6. The molecule has 10 heteroatoms. The first-order valence-electron chi connectivity index (χ1n) is 16.7. The maximum atomic E-state index is 14.8. The van der Waals surface area contributed by atoms with Gasteiger partial charge in [-0.15, -0.1) is 13.2 Å². The summed E-state index contributed by atoms with van der Waals surface area (Å²) in [4.78, 5) is 59.2. The summed E-state index contributed by atoms with van der Waals surface area (Å²) in [5, 5.41) is 13.2. The van der Waals surface area contributed by atoms with Crippen LogP contribution < -0.4 is 10.2 Å². The highest BCUT2D eigenvalue weighted by atomic mass is 16.6. The Labute approximate surface area is 282 Å². The molecular weight excluding hydrogens is 610 g/mol. The fourth-order valence-electron chi connectivity index (χ4n) is 7.73. The van der Waals surface area contributed by atoms with Gasteiger partial charge < -0.3 is 29.7 Å². The molecule has 5 rings (SSSR count). The third kappa shape index (κ3) is 6.31. The minimum Gasteiger partial charge on any atom is -0.455 e. The topological polar surface area (TPSA) is 125 Å². The molecule has 3 fully saturated rings. The number of anilines is 1. The number of carbonyl (C=O) groups excluding carboxylic acids is 4. The van der Waals surface area contributed by atoms with Crippen molar-refractivity contribution in [1.29, 1.82) is 0 Å². The summed E-state index contributed by atoms with van der Waals surface area (Å²) in [5.74, 6) is -3.54. The SMILES string of the molecule is C=CCCC(=O)N[C@@H](C)[C@H](OC(=O)[C@@H]1[C@@H]2CC[C@]3(O2)[C@H](C(=O)N(CC=C)c2cc(C)ccc2C)N([C@H](C)CO)C(=O)[C@@H]13)c1ccccc1. The highest BCUT2D eigenvalue weighted by molar-refractivity contribution is 6.05. The van der Waals surface area contributed by atoms with Crippen molar-refractivity contribution in [2.45, 2.75) is 89.3 Å². The molecule has 48 heavy (non-hydrogen) atoms. The van der Waals surface area contributed by atoms with Gasteiger partial charge in [0.15, 0.2) is 0 Å². The van der Waals surface area contributed by atoms with Crippen molar-refractivity contribution < 1.29 is 33.8 Å². The zero-order valence-corrected chi connectivity index (χ0v) is 28.3. The molecule has 3 amide bonds. The van der Waals surface area contributed by atoms with Crippen LogP contribution in [0.2, 0.25) is 0 Å².